The minimum atomic E-state index is -0.528. The van der Waals surface area contributed by atoms with E-state index >= 15 is 0 Å². The molecule has 4 nitrogen and oxygen atoms in total. The fourth-order valence-electron chi connectivity index (χ4n) is 2.86. The molecule has 2 aromatic heterocycles. The van der Waals surface area contributed by atoms with Crippen LogP contribution in [0, 0.1) is 11.3 Å². The highest BCUT2D eigenvalue weighted by atomic mass is 16.3. The van der Waals surface area contributed by atoms with Crippen molar-refractivity contribution in [3.8, 4) is 6.07 Å². The number of hydrogen-bond donors (Lipinski definition) is 1. The van der Waals surface area contributed by atoms with Crippen molar-refractivity contribution < 1.29 is 5.11 Å². The first-order valence-corrected chi connectivity index (χ1v) is 7.02. The molecule has 4 heteroatoms. The molecule has 1 N–H and O–H groups in total. The standard InChI is InChI=1S/C16H19N3O/c1-16(20)5-8-18(9-6-16)11-13-12-19-7-3-2-4-15(19)14(13)10-17/h2-4,7,12,20H,5-6,8-9,11H2,1H3. The third-order valence-corrected chi connectivity index (χ3v) is 4.20. The van der Waals surface area contributed by atoms with Gasteiger partial charge in [-0.2, -0.15) is 5.26 Å². The van der Waals surface area contributed by atoms with E-state index in [1.54, 1.807) is 0 Å². The molecule has 2 aromatic rings. The lowest BCUT2D eigenvalue weighted by Gasteiger charge is -2.35. The largest absolute Gasteiger partial charge is 0.390 e. The zero-order valence-corrected chi connectivity index (χ0v) is 11.7. The second kappa shape index (κ2) is 4.93. The molecule has 0 spiro atoms. The lowest BCUT2D eigenvalue weighted by atomic mass is 9.93. The fourth-order valence-corrected chi connectivity index (χ4v) is 2.86. The number of nitrogens with zero attached hydrogens (tertiary/aromatic N) is 3. The van der Waals surface area contributed by atoms with Crippen molar-refractivity contribution in [2.45, 2.75) is 31.9 Å². The normalized spacial score (nSPS) is 19.1. The molecule has 104 valence electrons. The molecule has 3 heterocycles. The first-order chi connectivity index (χ1) is 9.59. The van der Waals surface area contributed by atoms with E-state index < -0.39 is 5.60 Å². The molecule has 1 aliphatic heterocycles. The maximum absolute atomic E-state index is 9.99. The number of likely N-dealkylation sites (tertiary alicyclic amines) is 1. The number of pyridine rings is 1. The van der Waals surface area contributed by atoms with Gasteiger partial charge in [0.1, 0.15) is 6.07 Å². The van der Waals surface area contributed by atoms with Crippen LogP contribution in [0.25, 0.3) is 5.52 Å². The number of aromatic nitrogens is 1. The smallest absolute Gasteiger partial charge is 0.102 e. The molecule has 3 rings (SSSR count). The Hall–Kier alpha value is -1.83. The van der Waals surface area contributed by atoms with Crippen molar-refractivity contribution in [2.75, 3.05) is 13.1 Å². The average molecular weight is 269 g/mol. The summed E-state index contributed by atoms with van der Waals surface area (Å²) in [6.07, 6.45) is 5.60. The minimum Gasteiger partial charge on any atom is -0.390 e. The van der Waals surface area contributed by atoms with Crippen molar-refractivity contribution in [1.82, 2.24) is 9.30 Å². The van der Waals surface area contributed by atoms with Gasteiger partial charge in [0.05, 0.1) is 16.7 Å². The summed E-state index contributed by atoms with van der Waals surface area (Å²) >= 11 is 0. The van der Waals surface area contributed by atoms with Gasteiger partial charge in [-0.05, 0) is 31.9 Å². The second-order valence-corrected chi connectivity index (χ2v) is 5.91. The Bertz CT molecular complexity index is 656. The Morgan fingerprint density at radius 1 is 1.35 bits per heavy atom. The summed E-state index contributed by atoms with van der Waals surface area (Å²) < 4.78 is 2.01. The van der Waals surface area contributed by atoms with Crippen LogP contribution in [0.3, 0.4) is 0 Å². The van der Waals surface area contributed by atoms with E-state index in [1.807, 2.05) is 41.9 Å². The van der Waals surface area contributed by atoms with Crippen molar-refractivity contribution in [3.05, 3.63) is 41.7 Å². The fraction of sp³-hybridized carbons (Fsp3) is 0.438. The summed E-state index contributed by atoms with van der Waals surface area (Å²) in [5, 5.41) is 19.4. The average Bonchev–Trinajstić information content (AvgIpc) is 2.78. The van der Waals surface area contributed by atoms with Crippen molar-refractivity contribution in [2.24, 2.45) is 0 Å². The molecule has 20 heavy (non-hydrogen) atoms. The number of hydrogen-bond acceptors (Lipinski definition) is 3. The predicted octanol–water partition coefficient (Wildman–Crippen LogP) is 2.16. The molecule has 0 aromatic carbocycles. The first kappa shape index (κ1) is 13.2. The molecule has 0 unspecified atom stereocenters. The lowest BCUT2D eigenvalue weighted by Crippen LogP contribution is -2.41. The molecule has 0 bridgehead atoms. The topological polar surface area (TPSA) is 51.7 Å². The third kappa shape index (κ3) is 2.43. The van der Waals surface area contributed by atoms with Crippen molar-refractivity contribution in [1.29, 1.82) is 5.26 Å². The molecule has 0 saturated carbocycles. The van der Waals surface area contributed by atoms with Gasteiger partial charge in [-0.3, -0.25) is 4.90 Å². The molecule has 1 aliphatic rings. The second-order valence-electron chi connectivity index (χ2n) is 5.91. The van der Waals surface area contributed by atoms with Crippen LogP contribution in [0.4, 0.5) is 0 Å². The van der Waals surface area contributed by atoms with Crippen LogP contribution < -0.4 is 0 Å². The van der Waals surface area contributed by atoms with Crippen LogP contribution >= 0.6 is 0 Å². The highest BCUT2D eigenvalue weighted by Gasteiger charge is 2.27. The molecule has 0 radical (unpaired) electrons. The van der Waals surface area contributed by atoms with Gasteiger partial charge in [-0.25, -0.2) is 0 Å². The van der Waals surface area contributed by atoms with Gasteiger partial charge in [-0.15, -0.1) is 0 Å². The molecule has 0 atom stereocenters. The van der Waals surface area contributed by atoms with Gasteiger partial charge < -0.3 is 9.51 Å². The summed E-state index contributed by atoms with van der Waals surface area (Å²) in [5.41, 5.74) is 2.28. The summed E-state index contributed by atoms with van der Waals surface area (Å²) in [7, 11) is 0. The highest BCUT2D eigenvalue weighted by molar-refractivity contribution is 5.65. The van der Waals surface area contributed by atoms with E-state index in [0.717, 1.165) is 49.1 Å². The monoisotopic (exact) mass is 269 g/mol. The van der Waals surface area contributed by atoms with Gasteiger partial charge in [0.15, 0.2) is 0 Å². The lowest BCUT2D eigenvalue weighted by molar-refractivity contribution is -0.00730. The van der Waals surface area contributed by atoms with Crippen LogP contribution in [-0.4, -0.2) is 33.1 Å². The summed E-state index contributed by atoms with van der Waals surface area (Å²) in [4.78, 5) is 2.31. The Kier molecular flexibility index (Phi) is 3.25. The van der Waals surface area contributed by atoms with Gasteiger partial charge >= 0.3 is 0 Å². The number of fused-ring (bicyclic) bond motifs is 1. The highest BCUT2D eigenvalue weighted by Crippen LogP contribution is 2.24. The van der Waals surface area contributed by atoms with E-state index in [9.17, 15) is 10.4 Å². The molecule has 0 amide bonds. The Morgan fingerprint density at radius 3 is 2.80 bits per heavy atom. The number of rotatable bonds is 2. The van der Waals surface area contributed by atoms with Crippen LogP contribution in [0.1, 0.15) is 30.9 Å². The van der Waals surface area contributed by atoms with Gasteiger partial charge in [0.2, 0.25) is 0 Å². The molecule has 0 aliphatic carbocycles. The van der Waals surface area contributed by atoms with Crippen LogP contribution in [-0.2, 0) is 6.54 Å². The molecule has 1 fully saturated rings. The summed E-state index contributed by atoms with van der Waals surface area (Å²) in [6.45, 7) is 4.44. The number of piperidine rings is 1. The first-order valence-electron chi connectivity index (χ1n) is 7.02. The quantitative estimate of drug-likeness (QED) is 0.909. The predicted molar refractivity (Wildman–Crippen MR) is 77.2 cm³/mol. The Balaban J connectivity index is 1.83. The Labute approximate surface area is 118 Å². The summed E-state index contributed by atoms with van der Waals surface area (Å²) in [6, 6.07) is 8.23. The van der Waals surface area contributed by atoms with Crippen LogP contribution in [0.15, 0.2) is 30.6 Å². The maximum Gasteiger partial charge on any atom is 0.102 e. The Morgan fingerprint density at radius 2 is 2.10 bits per heavy atom. The number of nitriles is 1. The SMILES string of the molecule is CC1(O)CCN(Cc2cn3ccccc3c2C#N)CC1. The summed E-state index contributed by atoms with van der Waals surface area (Å²) in [5.74, 6) is 0. The van der Waals surface area contributed by atoms with Crippen LogP contribution in [0.2, 0.25) is 0 Å². The van der Waals surface area contributed by atoms with Crippen LogP contribution in [0.5, 0.6) is 0 Å². The molecular formula is C16H19N3O. The number of aliphatic hydroxyl groups is 1. The van der Waals surface area contributed by atoms with E-state index in [2.05, 4.69) is 11.0 Å². The third-order valence-electron chi connectivity index (χ3n) is 4.20. The van der Waals surface area contributed by atoms with Crippen molar-refractivity contribution >= 4 is 5.52 Å². The molecule has 1 saturated heterocycles. The van der Waals surface area contributed by atoms with Crippen molar-refractivity contribution in [3.63, 3.8) is 0 Å². The maximum atomic E-state index is 9.99. The minimum absolute atomic E-state index is 0.528. The van der Waals surface area contributed by atoms with E-state index in [4.69, 9.17) is 0 Å². The zero-order valence-electron chi connectivity index (χ0n) is 11.7. The molecular weight excluding hydrogens is 250 g/mol. The van der Waals surface area contributed by atoms with Gasteiger partial charge in [0.25, 0.3) is 0 Å². The van der Waals surface area contributed by atoms with Gasteiger partial charge in [0, 0.05) is 37.6 Å². The van der Waals surface area contributed by atoms with E-state index in [0.29, 0.717) is 0 Å². The zero-order chi connectivity index (χ0) is 14.2. The van der Waals surface area contributed by atoms with Gasteiger partial charge in [-0.1, -0.05) is 6.07 Å². The van der Waals surface area contributed by atoms with E-state index in [-0.39, 0.29) is 0 Å². The van der Waals surface area contributed by atoms with E-state index in [1.165, 1.54) is 0 Å².